The Morgan fingerprint density at radius 3 is 2.39 bits per heavy atom. The molecule has 1 aromatic carbocycles. The van der Waals surface area contributed by atoms with E-state index in [0.717, 1.165) is 38.4 Å². The summed E-state index contributed by atoms with van der Waals surface area (Å²) in [6, 6.07) is 6.98. The number of aryl methyl sites for hydroxylation is 1. The van der Waals surface area contributed by atoms with Gasteiger partial charge in [0.05, 0.1) is 31.7 Å². The average molecular weight is 386 g/mol. The van der Waals surface area contributed by atoms with Crippen molar-refractivity contribution >= 4 is 5.69 Å². The Morgan fingerprint density at radius 2 is 1.79 bits per heavy atom. The molecule has 0 aliphatic carbocycles. The van der Waals surface area contributed by atoms with Gasteiger partial charge in [0.2, 0.25) is 5.82 Å². The Balaban J connectivity index is 1.79. The molecule has 0 unspecified atom stereocenters. The number of quaternary nitrogens is 1. The van der Waals surface area contributed by atoms with E-state index in [1.807, 2.05) is 4.68 Å². The van der Waals surface area contributed by atoms with Crippen molar-refractivity contribution in [2.24, 2.45) is 5.92 Å². The highest BCUT2D eigenvalue weighted by atomic mass is 15.6. The average Bonchev–Trinajstić information content (AvgIpc) is 3.12. The van der Waals surface area contributed by atoms with Crippen LogP contribution in [0.1, 0.15) is 64.0 Å². The Kier molecular flexibility index (Phi) is 6.08. The minimum absolute atomic E-state index is 0.103. The first-order valence-corrected chi connectivity index (χ1v) is 10.6. The molecule has 1 aromatic heterocycles. The highest BCUT2D eigenvalue weighted by Gasteiger charge is 2.35. The summed E-state index contributed by atoms with van der Waals surface area (Å²) in [6.07, 6.45) is 1.11. The van der Waals surface area contributed by atoms with Gasteiger partial charge in [0.25, 0.3) is 0 Å². The zero-order valence-corrected chi connectivity index (χ0v) is 18.7. The maximum Gasteiger partial charge on any atom is 0.209 e. The maximum absolute atomic E-state index is 4.48. The molecule has 0 radical (unpaired) electrons. The second kappa shape index (κ2) is 8.19. The minimum atomic E-state index is -0.103. The van der Waals surface area contributed by atoms with E-state index in [2.05, 4.69) is 87.1 Å². The summed E-state index contributed by atoms with van der Waals surface area (Å²) in [4.78, 5) is 4.15. The maximum atomic E-state index is 4.48. The molecule has 0 saturated carbocycles. The highest BCUT2D eigenvalue weighted by molar-refractivity contribution is 5.56. The molecule has 2 heterocycles. The van der Waals surface area contributed by atoms with E-state index in [1.54, 1.807) is 4.90 Å². The monoisotopic (exact) mass is 385 g/mol. The fraction of sp³-hybridized carbons (Fsp3) is 0.682. The fourth-order valence-corrected chi connectivity index (χ4v) is 4.28. The van der Waals surface area contributed by atoms with E-state index >= 15 is 0 Å². The third-order valence-corrected chi connectivity index (χ3v) is 5.96. The van der Waals surface area contributed by atoms with Crippen molar-refractivity contribution in [2.75, 3.05) is 31.1 Å². The molecule has 1 aliphatic heterocycles. The third kappa shape index (κ3) is 4.37. The van der Waals surface area contributed by atoms with Gasteiger partial charge in [-0.15, -0.1) is 5.10 Å². The molecule has 28 heavy (non-hydrogen) atoms. The second-order valence-corrected chi connectivity index (χ2v) is 9.67. The van der Waals surface area contributed by atoms with Crippen molar-refractivity contribution in [3.63, 3.8) is 0 Å². The van der Waals surface area contributed by atoms with E-state index in [4.69, 9.17) is 0 Å². The van der Waals surface area contributed by atoms with Gasteiger partial charge in [0, 0.05) is 12.1 Å². The SMILES string of the molecule is Cc1cccc(N2CC[NH+]([C@H](CC(C)C)c3nnnn3C(C)(C)C)CC2)c1C. The zero-order valence-electron chi connectivity index (χ0n) is 18.7. The molecule has 1 aliphatic rings. The first-order valence-electron chi connectivity index (χ1n) is 10.6. The third-order valence-electron chi connectivity index (χ3n) is 5.96. The van der Waals surface area contributed by atoms with Crippen LogP contribution in [0.3, 0.4) is 0 Å². The van der Waals surface area contributed by atoms with Gasteiger partial charge in [-0.3, -0.25) is 0 Å². The lowest BCUT2D eigenvalue weighted by atomic mass is 9.99. The Hall–Kier alpha value is -1.95. The quantitative estimate of drug-likeness (QED) is 0.859. The van der Waals surface area contributed by atoms with Gasteiger partial charge in [-0.2, -0.15) is 0 Å². The summed E-state index contributed by atoms with van der Waals surface area (Å²) in [5, 5.41) is 12.8. The summed E-state index contributed by atoms with van der Waals surface area (Å²) in [5.41, 5.74) is 4.06. The number of nitrogens with zero attached hydrogens (tertiary/aromatic N) is 5. The lowest BCUT2D eigenvalue weighted by molar-refractivity contribution is -0.934. The Bertz CT molecular complexity index is 781. The van der Waals surface area contributed by atoms with Crippen LogP contribution in [0, 0.1) is 19.8 Å². The number of hydrogen-bond donors (Lipinski definition) is 1. The van der Waals surface area contributed by atoms with Crippen LogP contribution in [0.4, 0.5) is 5.69 Å². The summed E-state index contributed by atoms with van der Waals surface area (Å²) < 4.78 is 2.03. The highest BCUT2D eigenvalue weighted by Crippen LogP contribution is 2.24. The van der Waals surface area contributed by atoms with Gasteiger partial charge in [0.15, 0.2) is 6.04 Å². The van der Waals surface area contributed by atoms with Gasteiger partial charge >= 0.3 is 0 Å². The number of piperazine rings is 1. The van der Waals surface area contributed by atoms with Crippen LogP contribution in [0.25, 0.3) is 0 Å². The molecule has 154 valence electrons. The number of nitrogens with one attached hydrogen (secondary N) is 1. The molecule has 0 amide bonds. The van der Waals surface area contributed by atoms with E-state index in [-0.39, 0.29) is 5.54 Å². The molecule has 3 rings (SSSR count). The van der Waals surface area contributed by atoms with Crippen molar-refractivity contribution in [1.29, 1.82) is 0 Å². The number of anilines is 1. The summed E-state index contributed by atoms with van der Waals surface area (Å²) in [5.74, 6) is 1.65. The van der Waals surface area contributed by atoms with Crippen LogP contribution in [0.2, 0.25) is 0 Å². The smallest absolute Gasteiger partial charge is 0.209 e. The molecule has 6 heteroatoms. The number of rotatable bonds is 5. The van der Waals surface area contributed by atoms with Crippen molar-refractivity contribution < 1.29 is 4.90 Å². The summed E-state index contributed by atoms with van der Waals surface area (Å²) in [7, 11) is 0. The van der Waals surface area contributed by atoms with Crippen molar-refractivity contribution in [1.82, 2.24) is 20.2 Å². The molecule has 2 aromatic rings. The van der Waals surface area contributed by atoms with Gasteiger partial charge in [0.1, 0.15) is 0 Å². The second-order valence-electron chi connectivity index (χ2n) is 9.67. The first-order chi connectivity index (χ1) is 13.2. The van der Waals surface area contributed by atoms with Crippen LogP contribution < -0.4 is 9.80 Å². The van der Waals surface area contributed by atoms with Crippen molar-refractivity contribution in [3.8, 4) is 0 Å². The van der Waals surface area contributed by atoms with Crippen LogP contribution >= 0.6 is 0 Å². The van der Waals surface area contributed by atoms with Gasteiger partial charge in [-0.25, -0.2) is 4.68 Å². The summed E-state index contributed by atoms with van der Waals surface area (Å²) in [6.45, 7) is 19.9. The number of aromatic nitrogens is 4. The molecular weight excluding hydrogens is 348 g/mol. The van der Waals surface area contributed by atoms with Gasteiger partial charge < -0.3 is 9.80 Å². The van der Waals surface area contributed by atoms with E-state index in [0.29, 0.717) is 12.0 Å². The van der Waals surface area contributed by atoms with Crippen LogP contribution in [-0.4, -0.2) is 46.4 Å². The van der Waals surface area contributed by atoms with Crippen LogP contribution in [-0.2, 0) is 5.54 Å². The molecule has 1 atom stereocenters. The zero-order chi connectivity index (χ0) is 20.5. The largest absolute Gasteiger partial charge is 0.360 e. The summed E-state index contributed by atoms with van der Waals surface area (Å²) >= 11 is 0. The molecule has 0 bridgehead atoms. The van der Waals surface area contributed by atoms with Gasteiger partial charge in [-0.05, 0) is 68.2 Å². The first kappa shape index (κ1) is 20.8. The van der Waals surface area contributed by atoms with E-state index < -0.39 is 0 Å². The lowest BCUT2D eigenvalue weighted by Crippen LogP contribution is -3.15. The molecule has 0 spiro atoms. The lowest BCUT2D eigenvalue weighted by Gasteiger charge is -2.38. The standard InChI is InChI=1S/C22H36N6/c1-16(2)15-20(21-23-24-25-28(21)22(5,6)7)27-13-11-26(12-14-27)19-10-8-9-17(3)18(19)4/h8-10,16,20H,11-15H2,1-7H3/p+1/t20-/m1/s1. The fourth-order valence-electron chi connectivity index (χ4n) is 4.28. The predicted octanol–water partition coefficient (Wildman–Crippen LogP) is 2.54. The van der Waals surface area contributed by atoms with Crippen LogP contribution in [0.15, 0.2) is 18.2 Å². The minimum Gasteiger partial charge on any atom is -0.360 e. The number of tetrazole rings is 1. The molecule has 1 N–H and O–H groups in total. The van der Waals surface area contributed by atoms with E-state index in [9.17, 15) is 0 Å². The van der Waals surface area contributed by atoms with E-state index in [1.165, 1.54) is 16.8 Å². The Morgan fingerprint density at radius 1 is 1.11 bits per heavy atom. The normalized spacial score (nSPS) is 17.4. The number of benzene rings is 1. The molecule has 1 fully saturated rings. The number of hydrogen-bond acceptors (Lipinski definition) is 4. The van der Waals surface area contributed by atoms with Crippen molar-refractivity contribution in [3.05, 3.63) is 35.2 Å². The topological polar surface area (TPSA) is 51.3 Å². The molecule has 6 nitrogen and oxygen atoms in total. The van der Waals surface area contributed by atoms with Crippen molar-refractivity contribution in [2.45, 2.75) is 66.5 Å². The van der Waals surface area contributed by atoms with Crippen LogP contribution in [0.5, 0.6) is 0 Å². The molecule has 1 saturated heterocycles. The van der Waals surface area contributed by atoms with Gasteiger partial charge in [-0.1, -0.05) is 26.0 Å². The molecular formula is C22H37N6+. The predicted molar refractivity (Wildman–Crippen MR) is 114 cm³/mol. The Labute approximate surface area is 169 Å².